The molecule has 0 aliphatic rings. The van der Waals surface area contributed by atoms with Gasteiger partial charge in [0.05, 0.1) is 13.2 Å². The van der Waals surface area contributed by atoms with Gasteiger partial charge >= 0.3 is 5.97 Å². The SMILES string of the molecule is O=C(O)CCCCOc1ccc(OCCCO)cc1. The summed E-state index contributed by atoms with van der Waals surface area (Å²) in [6.45, 7) is 1.13. The normalized spacial score (nSPS) is 10.2. The summed E-state index contributed by atoms with van der Waals surface area (Å²) in [6, 6.07) is 7.24. The molecule has 0 aliphatic carbocycles. The van der Waals surface area contributed by atoms with Crippen LogP contribution in [0, 0.1) is 0 Å². The van der Waals surface area contributed by atoms with E-state index in [0.717, 1.165) is 17.9 Å². The molecule has 1 aromatic rings. The van der Waals surface area contributed by atoms with Gasteiger partial charge in [0.1, 0.15) is 11.5 Å². The van der Waals surface area contributed by atoms with Crippen LogP contribution in [0.3, 0.4) is 0 Å². The van der Waals surface area contributed by atoms with Crippen molar-refractivity contribution in [2.24, 2.45) is 0 Å². The molecule has 2 N–H and O–H groups in total. The third kappa shape index (κ3) is 7.31. The van der Waals surface area contributed by atoms with Gasteiger partial charge in [0.25, 0.3) is 0 Å². The molecule has 0 radical (unpaired) electrons. The zero-order valence-corrected chi connectivity index (χ0v) is 10.9. The van der Waals surface area contributed by atoms with Gasteiger partial charge in [0, 0.05) is 19.4 Å². The smallest absolute Gasteiger partial charge is 0.303 e. The van der Waals surface area contributed by atoms with Gasteiger partial charge in [0.15, 0.2) is 0 Å². The predicted molar refractivity (Wildman–Crippen MR) is 70.6 cm³/mol. The summed E-state index contributed by atoms with van der Waals surface area (Å²) in [4.78, 5) is 10.3. The molecular weight excluding hydrogens is 248 g/mol. The van der Waals surface area contributed by atoms with Gasteiger partial charge in [-0.05, 0) is 37.1 Å². The second kappa shape index (κ2) is 9.22. The summed E-state index contributed by atoms with van der Waals surface area (Å²) in [6.07, 6.45) is 2.14. The second-order valence-electron chi connectivity index (χ2n) is 4.10. The lowest BCUT2D eigenvalue weighted by Gasteiger charge is -2.08. The molecule has 5 heteroatoms. The van der Waals surface area contributed by atoms with Crippen LogP contribution in [-0.4, -0.2) is 36.0 Å². The van der Waals surface area contributed by atoms with Crippen molar-refractivity contribution in [3.8, 4) is 11.5 Å². The monoisotopic (exact) mass is 268 g/mol. The van der Waals surface area contributed by atoms with Crippen LogP contribution in [-0.2, 0) is 4.79 Å². The molecule has 0 aromatic heterocycles. The Kier molecular flexibility index (Phi) is 7.43. The third-order valence-corrected chi connectivity index (χ3v) is 2.45. The van der Waals surface area contributed by atoms with E-state index < -0.39 is 5.97 Å². The highest BCUT2D eigenvalue weighted by Gasteiger charge is 1.99. The van der Waals surface area contributed by atoms with Gasteiger partial charge in [-0.2, -0.15) is 0 Å². The van der Waals surface area contributed by atoms with Gasteiger partial charge in [-0.25, -0.2) is 0 Å². The van der Waals surface area contributed by atoms with Crippen molar-refractivity contribution in [1.29, 1.82) is 0 Å². The Hall–Kier alpha value is -1.75. The number of carboxylic acids is 1. The number of aliphatic hydroxyl groups is 1. The topological polar surface area (TPSA) is 76.0 Å². The number of carbonyl (C=O) groups is 1. The number of ether oxygens (including phenoxy) is 2. The molecule has 1 aromatic carbocycles. The average Bonchev–Trinajstić information content (AvgIpc) is 2.40. The molecule has 0 aliphatic heterocycles. The van der Waals surface area contributed by atoms with Crippen LogP contribution in [0.4, 0.5) is 0 Å². The van der Waals surface area contributed by atoms with E-state index >= 15 is 0 Å². The molecule has 19 heavy (non-hydrogen) atoms. The van der Waals surface area contributed by atoms with Crippen LogP contribution in [0.1, 0.15) is 25.7 Å². The van der Waals surface area contributed by atoms with Crippen molar-refractivity contribution in [3.63, 3.8) is 0 Å². The summed E-state index contributed by atoms with van der Waals surface area (Å²) in [7, 11) is 0. The van der Waals surface area contributed by atoms with Crippen LogP contribution in [0.15, 0.2) is 24.3 Å². The van der Waals surface area contributed by atoms with E-state index in [1.54, 1.807) is 0 Å². The van der Waals surface area contributed by atoms with E-state index in [9.17, 15) is 4.79 Å². The first-order valence-corrected chi connectivity index (χ1v) is 6.40. The zero-order chi connectivity index (χ0) is 13.9. The van der Waals surface area contributed by atoms with E-state index in [2.05, 4.69) is 0 Å². The molecule has 106 valence electrons. The summed E-state index contributed by atoms with van der Waals surface area (Å²) >= 11 is 0. The summed E-state index contributed by atoms with van der Waals surface area (Å²) < 4.78 is 10.9. The van der Waals surface area contributed by atoms with E-state index in [4.69, 9.17) is 19.7 Å². The minimum atomic E-state index is -0.774. The predicted octanol–water partition coefficient (Wildman–Crippen LogP) is 2.08. The van der Waals surface area contributed by atoms with Crippen molar-refractivity contribution in [1.82, 2.24) is 0 Å². The fraction of sp³-hybridized carbons (Fsp3) is 0.500. The number of unbranched alkanes of at least 4 members (excludes halogenated alkanes) is 1. The van der Waals surface area contributed by atoms with Crippen molar-refractivity contribution < 1.29 is 24.5 Å². The molecule has 0 atom stereocenters. The van der Waals surface area contributed by atoms with Gasteiger partial charge in [-0.15, -0.1) is 0 Å². The van der Waals surface area contributed by atoms with Gasteiger partial charge in [-0.1, -0.05) is 0 Å². The first kappa shape index (κ1) is 15.3. The molecule has 0 spiro atoms. The molecule has 0 saturated carbocycles. The number of aliphatic hydroxyl groups excluding tert-OH is 1. The maximum Gasteiger partial charge on any atom is 0.303 e. The molecule has 0 heterocycles. The van der Waals surface area contributed by atoms with Gasteiger partial charge in [-0.3, -0.25) is 4.79 Å². The Morgan fingerprint density at radius 1 is 0.947 bits per heavy atom. The fourth-order valence-electron chi connectivity index (χ4n) is 1.45. The zero-order valence-electron chi connectivity index (χ0n) is 10.9. The van der Waals surface area contributed by atoms with Crippen LogP contribution in [0.2, 0.25) is 0 Å². The lowest BCUT2D eigenvalue weighted by atomic mass is 10.2. The van der Waals surface area contributed by atoms with E-state index in [1.165, 1.54) is 0 Å². The van der Waals surface area contributed by atoms with Crippen LogP contribution in [0.5, 0.6) is 11.5 Å². The molecule has 1 rings (SSSR count). The lowest BCUT2D eigenvalue weighted by Crippen LogP contribution is -2.01. The maximum atomic E-state index is 10.3. The van der Waals surface area contributed by atoms with Gasteiger partial charge in [0.2, 0.25) is 0 Å². The number of rotatable bonds is 10. The Morgan fingerprint density at radius 2 is 1.47 bits per heavy atom. The quantitative estimate of drug-likeness (QED) is 0.635. The largest absolute Gasteiger partial charge is 0.494 e. The number of benzene rings is 1. The standard InChI is InChI=1S/C14H20O5/c15-9-3-11-19-13-7-5-12(6-8-13)18-10-2-1-4-14(16)17/h5-8,15H,1-4,9-11H2,(H,16,17). The highest BCUT2D eigenvalue weighted by Crippen LogP contribution is 2.18. The van der Waals surface area contributed by atoms with Crippen LogP contribution in [0.25, 0.3) is 0 Å². The first-order valence-electron chi connectivity index (χ1n) is 6.40. The van der Waals surface area contributed by atoms with Crippen LogP contribution >= 0.6 is 0 Å². The minimum absolute atomic E-state index is 0.123. The van der Waals surface area contributed by atoms with Crippen molar-refractivity contribution in [3.05, 3.63) is 24.3 Å². The summed E-state index contributed by atoms with van der Waals surface area (Å²) in [5.41, 5.74) is 0. The van der Waals surface area contributed by atoms with E-state index in [-0.39, 0.29) is 13.0 Å². The Balaban J connectivity index is 2.18. The number of hydrogen-bond donors (Lipinski definition) is 2. The second-order valence-corrected chi connectivity index (χ2v) is 4.10. The fourth-order valence-corrected chi connectivity index (χ4v) is 1.45. The molecule has 0 fully saturated rings. The Bertz CT molecular complexity index is 361. The number of aliphatic carboxylic acids is 1. The number of carboxylic acid groups (broad SMARTS) is 1. The van der Waals surface area contributed by atoms with Crippen LogP contribution < -0.4 is 9.47 Å². The molecule has 0 bridgehead atoms. The average molecular weight is 268 g/mol. The maximum absolute atomic E-state index is 10.3. The van der Waals surface area contributed by atoms with E-state index in [1.807, 2.05) is 24.3 Å². The van der Waals surface area contributed by atoms with Gasteiger partial charge < -0.3 is 19.7 Å². The Morgan fingerprint density at radius 3 is 1.95 bits per heavy atom. The molecule has 0 saturated heterocycles. The molecule has 0 unspecified atom stereocenters. The van der Waals surface area contributed by atoms with Crippen molar-refractivity contribution >= 4 is 5.97 Å². The highest BCUT2D eigenvalue weighted by molar-refractivity contribution is 5.66. The lowest BCUT2D eigenvalue weighted by molar-refractivity contribution is -0.137. The van der Waals surface area contributed by atoms with Crippen molar-refractivity contribution in [2.45, 2.75) is 25.7 Å². The Labute approximate surface area is 112 Å². The molecule has 5 nitrogen and oxygen atoms in total. The third-order valence-electron chi connectivity index (χ3n) is 2.45. The summed E-state index contributed by atoms with van der Waals surface area (Å²) in [5, 5.41) is 17.1. The first-order chi connectivity index (χ1) is 9.22. The minimum Gasteiger partial charge on any atom is -0.494 e. The number of hydrogen-bond acceptors (Lipinski definition) is 4. The molecular formula is C14H20O5. The highest BCUT2D eigenvalue weighted by atomic mass is 16.5. The summed E-state index contributed by atoms with van der Waals surface area (Å²) in [5.74, 6) is 0.709. The van der Waals surface area contributed by atoms with E-state index in [0.29, 0.717) is 26.1 Å². The van der Waals surface area contributed by atoms with Crippen molar-refractivity contribution in [2.75, 3.05) is 19.8 Å². The molecule has 0 amide bonds.